The first-order chi connectivity index (χ1) is 10.0. The lowest BCUT2D eigenvalue weighted by atomic mass is 10.0. The molecule has 0 amide bonds. The van der Waals surface area contributed by atoms with E-state index in [1.165, 1.54) is 12.1 Å². The van der Waals surface area contributed by atoms with Gasteiger partial charge in [0.05, 0.1) is 6.04 Å². The molecular formula is C16H18ClF2NO2. The van der Waals surface area contributed by atoms with Crippen molar-refractivity contribution in [3.63, 3.8) is 0 Å². The summed E-state index contributed by atoms with van der Waals surface area (Å²) in [5.41, 5.74) is 6.70. The summed E-state index contributed by atoms with van der Waals surface area (Å²) < 4.78 is 32.4. The highest BCUT2D eigenvalue weighted by Crippen LogP contribution is 2.30. The first kappa shape index (κ1) is 18.4. The fraction of sp³-hybridized carbons (Fsp3) is 0.250. The largest absolute Gasteiger partial charge is 0.489 e. The molecule has 0 saturated carbocycles. The minimum atomic E-state index is -3.36. The van der Waals surface area contributed by atoms with Crippen LogP contribution in [0.15, 0.2) is 54.6 Å². The Morgan fingerprint density at radius 1 is 1.09 bits per heavy atom. The number of hydrogen-bond acceptors (Lipinski definition) is 3. The highest BCUT2D eigenvalue weighted by molar-refractivity contribution is 5.85. The van der Waals surface area contributed by atoms with Gasteiger partial charge >= 0.3 is 0 Å². The Labute approximate surface area is 134 Å². The number of benzene rings is 2. The maximum Gasteiger partial charge on any atom is 0.289 e. The van der Waals surface area contributed by atoms with Crippen molar-refractivity contribution in [3.8, 4) is 5.75 Å². The van der Waals surface area contributed by atoms with Crippen LogP contribution in [0.4, 0.5) is 8.78 Å². The zero-order chi connectivity index (χ0) is 15.3. The van der Waals surface area contributed by atoms with Gasteiger partial charge in [0, 0.05) is 0 Å². The van der Waals surface area contributed by atoms with E-state index in [1.54, 1.807) is 12.1 Å². The second-order valence-electron chi connectivity index (χ2n) is 4.74. The van der Waals surface area contributed by atoms with Gasteiger partial charge in [0.15, 0.2) is 0 Å². The lowest BCUT2D eigenvalue weighted by molar-refractivity contribution is -0.0712. The van der Waals surface area contributed by atoms with Crippen molar-refractivity contribution >= 4 is 12.4 Å². The first-order valence-corrected chi connectivity index (χ1v) is 6.54. The summed E-state index contributed by atoms with van der Waals surface area (Å²) in [4.78, 5) is 0. The molecule has 3 nitrogen and oxygen atoms in total. The van der Waals surface area contributed by atoms with Crippen molar-refractivity contribution in [2.75, 3.05) is 6.61 Å². The second-order valence-corrected chi connectivity index (χ2v) is 4.74. The number of ether oxygens (including phenoxy) is 1. The van der Waals surface area contributed by atoms with Gasteiger partial charge in [0.2, 0.25) is 0 Å². The highest BCUT2D eigenvalue weighted by Gasteiger charge is 2.37. The van der Waals surface area contributed by atoms with E-state index in [0.29, 0.717) is 12.4 Å². The fourth-order valence-corrected chi connectivity index (χ4v) is 1.88. The summed E-state index contributed by atoms with van der Waals surface area (Å²) in [6.07, 6.45) is 0. The highest BCUT2D eigenvalue weighted by atomic mass is 35.5. The van der Waals surface area contributed by atoms with Crippen LogP contribution in [0, 0.1) is 0 Å². The molecule has 0 heterocycles. The molecule has 2 rings (SSSR count). The minimum Gasteiger partial charge on any atom is -0.489 e. The van der Waals surface area contributed by atoms with Gasteiger partial charge in [-0.3, -0.25) is 0 Å². The first-order valence-electron chi connectivity index (χ1n) is 6.54. The second kappa shape index (κ2) is 8.08. The Morgan fingerprint density at radius 2 is 1.77 bits per heavy atom. The van der Waals surface area contributed by atoms with Crippen LogP contribution in [0.1, 0.15) is 17.2 Å². The molecule has 0 aliphatic heterocycles. The third kappa shape index (κ3) is 4.66. The fourth-order valence-electron chi connectivity index (χ4n) is 1.88. The monoisotopic (exact) mass is 329 g/mol. The zero-order valence-electron chi connectivity index (χ0n) is 11.8. The maximum absolute atomic E-state index is 13.4. The van der Waals surface area contributed by atoms with Gasteiger partial charge in [-0.2, -0.15) is 0 Å². The van der Waals surface area contributed by atoms with Crippen LogP contribution < -0.4 is 10.5 Å². The lowest BCUT2D eigenvalue weighted by Gasteiger charge is -2.22. The van der Waals surface area contributed by atoms with Gasteiger partial charge in [-0.1, -0.05) is 42.5 Å². The molecule has 0 aliphatic rings. The topological polar surface area (TPSA) is 55.5 Å². The van der Waals surface area contributed by atoms with E-state index in [1.807, 2.05) is 30.3 Å². The van der Waals surface area contributed by atoms with Crippen LogP contribution in [-0.2, 0) is 6.61 Å². The van der Waals surface area contributed by atoms with Crippen molar-refractivity contribution in [1.82, 2.24) is 0 Å². The van der Waals surface area contributed by atoms with Crippen LogP contribution >= 0.6 is 12.4 Å². The summed E-state index contributed by atoms with van der Waals surface area (Å²) in [6, 6.07) is 14.2. The SMILES string of the molecule is Cl.N[C@@H](c1cccc(OCc2ccccc2)c1)C(F)(F)CO. The average Bonchev–Trinajstić information content (AvgIpc) is 2.53. The molecule has 0 fully saturated rings. The van der Waals surface area contributed by atoms with Crippen LogP contribution in [0.5, 0.6) is 5.75 Å². The number of alkyl halides is 2. The maximum atomic E-state index is 13.4. The molecule has 1 atom stereocenters. The number of halogens is 3. The van der Waals surface area contributed by atoms with Gasteiger partial charge in [0.25, 0.3) is 5.92 Å². The van der Waals surface area contributed by atoms with Crippen LogP contribution in [0.2, 0.25) is 0 Å². The molecule has 0 aliphatic carbocycles. The molecule has 0 bridgehead atoms. The summed E-state index contributed by atoms with van der Waals surface area (Å²) >= 11 is 0. The van der Waals surface area contributed by atoms with Crippen molar-refractivity contribution in [1.29, 1.82) is 0 Å². The minimum absolute atomic E-state index is 0. The van der Waals surface area contributed by atoms with Gasteiger partial charge in [-0.05, 0) is 23.3 Å². The molecule has 0 unspecified atom stereocenters. The molecule has 6 heteroatoms. The Hall–Kier alpha value is -1.69. The molecule has 2 aromatic rings. The predicted molar refractivity (Wildman–Crippen MR) is 83.4 cm³/mol. The molecule has 120 valence electrons. The standard InChI is InChI=1S/C16H17F2NO2.ClH/c17-16(18,11-20)15(19)13-7-4-8-14(9-13)21-10-12-5-2-1-3-6-12;/h1-9,15,20H,10-11,19H2;1H/t15-;/m0./s1. The van der Waals surface area contributed by atoms with Crippen LogP contribution in [0.3, 0.4) is 0 Å². The molecule has 0 aromatic heterocycles. The quantitative estimate of drug-likeness (QED) is 0.855. The Balaban J connectivity index is 0.00000242. The zero-order valence-corrected chi connectivity index (χ0v) is 12.6. The van der Waals surface area contributed by atoms with Crippen molar-refractivity contribution in [2.45, 2.75) is 18.6 Å². The average molecular weight is 330 g/mol. The lowest BCUT2D eigenvalue weighted by Crippen LogP contribution is -2.36. The van der Waals surface area contributed by atoms with Crippen molar-refractivity contribution in [2.24, 2.45) is 5.73 Å². The third-order valence-electron chi connectivity index (χ3n) is 3.13. The van der Waals surface area contributed by atoms with Crippen LogP contribution in [0.25, 0.3) is 0 Å². The van der Waals surface area contributed by atoms with E-state index in [2.05, 4.69) is 0 Å². The Morgan fingerprint density at radius 3 is 2.41 bits per heavy atom. The predicted octanol–water partition coefficient (Wildman–Crippen LogP) is 3.31. The molecule has 0 radical (unpaired) electrons. The molecule has 2 aromatic carbocycles. The van der Waals surface area contributed by atoms with Gasteiger partial charge < -0.3 is 15.6 Å². The molecule has 22 heavy (non-hydrogen) atoms. The van der Waals surface area contributed by atoms with Gasteiger partial charge in [-0.15, -0.1) is 12.4 Å². The molecule has 0 saturated heterocycles. The molecule has 3 N–H and O–H groups in total. The number of aliphatic hydroxyl groups excluding tert-OH is 1. The van der Waals surface area contributed by atoms with E-state index in [4.69, 9.17) is 15.6 Å². The summed E-state index contributed by atoms with van der Waals surface area (Å²) in [6.45, 7) is -0.945. The summed E-state index contributed by atoms with van der Waals surface area (Å²) in [5, 5.41) is 8.69. The Bertz CT molecular complexity index is 581. The number of nitrogens with two attached hydrogens (primary N) is 1. The Kier molecular flexibility index (Phi) is 6.74. The third-order valence-corrected chi connectivity index (χ3v) is 3.13. The molecular weight excluding hydrogens is 312 g/mol. The van der Waals surface area contributed by atoms with Crippen molar-refractivity contribution < 1.29 is 18.6 Å². The van der Waals surface area contributed by atoms with E-state index in [-0.39, 0.29) is 18.0 Å². The van der Waals surface area contributed by atoms with E-state index in [9.17, 15) is 8.78 Å². The van der Waals surface area contributed by atoms with Crippen LogP contribution in [-0.4, -0.2) is 17.6 Å². The van der Waals surface area contributed by atoms with Gasteiger partial charge in [0.1, 0.15) is 19.0 Å². The van der Waals surface area contributed by atoms with E-state index >= 15 is 0 Å². The number of aliphatic hydroxyl groups is 1. The van der Waals surface area contributed by atoms with Crippen molar-refractivity contribution in [3.05, 3.63) is 65.7 Å². The van der Waals surface area contributed by atoms with E-state index in [0.717, 1.165) is 5.56 Å². The number of hydrogen-bond donors (Lipinski definition) is 2. The van der Waals surface area contributed by atoms with Gasteiger partial charge in [-0.25, -0.2) is 8.78 Å². The summed E-state index contributed by atoms with van der Waals surface area (Å²) in [5.74, 6) is -2.90. The normalized spacial score (nSPS) is 12.4. The summed E-state index contributed by atoms with van der Waals surface area (Å²) in [7, 11) is 0. The molecule has 0 spiro atoms. The number of rotatable bonds is 6. The smallest absolute Gasteiger partial charge is 0.289 e. The van der Waals surface area contributed by atoms with E-state index < -0.39 is 18.6 Å².